The number of nitrogens with zero attached hydrogens (tertiary/aromatic N) is 1. The fourth-order valence-corrected chi connectivity index (χ4v) is 2.78. The van der Waals surface area contributed by atoms with Gasteiger partial charge in [-0.25, -0.2) is 9.37 Å². The number of rotatable bonds is 4. The van der Waals surface area contributed by atoms with Crippen LogP contribution in [0.2, 0.25) is 0 Å². The first-order chi connectivity index (χ1) is 11.3. The number of hydrogen-bond donors (Lipinski definition) is 1. The molecule has 2 heterocycles. The van der Waals surface area contributed by atoms with Gasteiger partial charge in [0.25, 0.3) is 0 Å². The minimum atomic E-state index is -0.227. The van der Waals surface area contributed by atoms with E-state index in [1.165, 1.54) is 6.07 Å². The van der Waals surface area contributed by atoms with Crippen molar-refractivity contribution in [3.63, 3.8) is 0 Å². The van der Waals surface area contributed by atoms with Crippen molar-refractivity contribution in [2.75, 3.05) is 0 Å². The molecule has 0 aliphatic heterocycles. The zero-order valence-corrected chi connectivity index (χ0v) is 13.3. The maximum absolute atomic E-state index is 14.2. The predicted molar refractivity (Wildman–Crippen MR) is 94.6 cm³/mol. The summed E-state index contributed by atoms with van der Waals surface area (Å²) in [7, 11) is 0. The van der Waals surface area contributed by atoms with Gasteiger partial charge in [-0.05, 0) is 36.6 Å². The molecule has 23 heavy (non-hydrogen) atoms. The van der Waals surface area contributed by atoms with Crippen molar-refractivity contribution < 1.29 is 4.39 Å². The number of aromatic nitrogens is 2. The molecule has 116 valence electrons. The Morgan fingerprint density at radius 3 is 2.78 bits per heavy atom. The third-order valence-electron chi connectivity index (χ3n) is 3.89. The SMILES string of the molecule is CC=C(C=CCC)c1ccnc2[nH]cc(-c3ccccc3F)c12. The quantitative estimate of drug-likeness (QED) is 0.612. The van der Waals surface area contributed by atoms with Crippen molar-refractivity contribution in [3.8, 4) is 11.1 Å². The summed E-state index contributed by atoms with van der Waals surface area (Å²) in [5, 5.41) is 0.950. The average Bonchev–Trinajstić information content (AvgIpc) is 3.00. The number of hydrogen-bond acceptors (Lipinski definition) is 1. The molecule has 0 saturated heterocycles. The number of fused-ring (bicyclic) bond motifs is 1. The summed E-state index contributed by atoms with van der Waals surface area (Å²) in [5.74, 6) is -0.227. The normalized spacial score (nSPS) is 12.4. The van der Waals surface area contributed by atoms with Crippen LogP contribution in [0.1, 0.15) is 25.8 Å². The Hall–Kier alpha value is -2.68. The van der Waals surface area contributed by atoms with Crippen LogP contribution < -0.4 is 0 Å². The van der Waals surface area contributed by atoms with Crippen molar-refractivity contribution >= 4 is 16.6 Å². The third-order valence-corrected chi connectivity index (χ3v) is 3.89. The van der Waals surface area contributed by atoms with Gasteiger partial charge in [-0.3, -0.25) is 0 Å². The lowest BCUT2D eigenvalue weighted by atomic mass is 9.97. The summed E-state index contributed by atoms with van der Waals surface area (Å²) >= 11 is 0. The van der Waals surface area contributed by atoms with E-state index in [-0.39, 0.29) is 5.82 Å². The van der Waals surface area contributed by atoms with Crippen LogP contribution in [0.15, 0.2) is 61.0 Å². The van der Waals surface area contributed by atoms with Crippen LogP contribution in [-0.4, -0.2) is 9.97 Å². The van der Waals surface area contributed by atoms with Crippen molar-refractivity contribution in [3.05, 3.63) is 72.3 Å². The molecule has 2 aromatic heterocycles. The number of pyridine rings is 1. The third kappa shape index (κ3) is 2.82. The fraction of sp³-hybridized carbons (Fsp3) is 0.150. The molecular weight excluding hydrogens is 287 g/mol. The highest BCUT2D eigenvalue weighted by Gasteiger charge is 2.15. The summed E-state index contributed by atoms with van der Waals surface area (Å²) in [4.78, 5) is 7.55. The van der Waals surface area contributed by atoms with E-state index >= 15 is 0 Å². The van der Waals surface area contributed by atoms with Crippen LogP contribution in [-0.2, 0) is 0 Å². The molecule has 0 spiro atoms. The Kier molecular flexibility index (Phi) is 4.38. The average molecular weight is 306 g/mol. The number of aromatic amines is 1. The molecule has 0 aliphatic carbocycles. The molecule has 0 saturated carbocycles. The van der Waals surface area contributed by atoms with Gasteiger partial charge in [-0.2, -0.15) is 0 Å². The number of allylic oxidation sites excluding steroid dienone is 4. The summed E-state index contributed by atoms with van der Waals surface area (Å²) in [6.45, 7) is 4.12. The monoisotopic (exact) mass is 306 g/mol. The molecule has 0 unspecified atom stereocenters. The number of benzene rings is 1. The van der Waals surface area contributed by atoms with Gasteiger partial charge in [-0.15, -0.1) is 0 Å². The van der Waals surface area contributed by atoms with E-state index in [0.717, 1.165) is 34.2 Å². The minimum Gasteiger partial charge on any atom is -0.345 e. The van der Waals surface area contributed by atoms with Gasteiger partial charge in [0.15, 0.2) is 0 Å². The fourth-order valence-electron chi connectivity index (χ4n) is 2.78. The molecule has 1 aromatic carbocycles. The van der Waals surface area contributed by atoms with Crippen LogP contribution in [0.3, 0.4) is 0 Å². The highest BCUT2D eigenvalue weighted by molar-refractivity contribution is 6.02. The molecule has 0 bridgehead atoms. The van der Waals surface area contributed by atoms with Gasteiger partial charge < -0.3 is 4.98 Å². The van der Waals surface area contributed by atoms with Crippen molar-refractivity contribution in [2.24, 2.45) is 0 Å². The highest BCUT2D eigenvalue weighted by Crippen LogP contribution is 2.34. The van der Waals surface area contributed by atoms with Gasteiger partial charge in [0.05, 0.1) is 0 Å². The Morgan fingerprint density at radius 2 is 2.04 bits per heavy atom. The van der Waals surface area contributed by atoms with E-state index in [1.54, 1.807) is 18.3 Å². The van der Waals surface area contributed by atoms with Crippen LogP contribution in [0.25, 0.3) is 27.7 Å². The maximum atomic E-state index is 14.2. The summed E-state index contributed by atoms with van der Waals surface area (Å²) in [5.41, 5.74) is 4.36. The van der Waals surface area contributed by atoms with E-state index in [1.807, 2.05) is 25.3 Å². The van der Waals surface area contributed by atoms with Gasteiger partial charge in [0, 0.05) is 28.9 Å². The molecule has 3 aromatic rings. The molecule has 0 fully saturated rings. The standard InChI is InChI=1S/C20H19FN2/c1-3-5-8-14(4-2)15-11-12-22-20-19(15)17(13-23-20)16-9-6-7-10-18(16)21/h4-13H,3H2,1-2H3,(H,22,23). The number of H-pyrrole nitrogens is 1. The summed E-state index contributed by atoms with van der Waals surface area (Å²) in [6, 6.07) is 8.81. The Balaban J connectivity index is 2.27. The molecule has 0 atom stereocenters. The van der Waals surface area contributed by atoms with Crippen LogP contribution in [0.5, 0.6) is 0 Å². The first kappa shape index (κ1) is 15.2. The minimum absolute atomic E-state index is 0.227. The van der Waals surface area contributed by atoms with Gasteiger partial charge >= 0.3 is 0 Å². The lowest BCUT2D eigenvalue weighted by Crippen LogP contribution is -1.88. The van der Waals surface area contributed by atoms with E-state index < -0.39 is 0 Å². The predicted octanol–water partition coefficient (Wildman–Crippen LogP) is 5.74. The molecule has 0 radical (unpaired) electrons. The lowest BCUT2D eigenvalue weighted by Gasteiger charge is -2.08. The Labute approximate surface area is 135 Å². The second-order valence-electron chi connectivity index (χ2n) is 5.32. The van der Waals surface area contributed by atoms with Gasteiger partial charge in [-0.1, -0.05) is 43.4 Å². The second kappa shape index (κ2) is 6.61. The second-order valence-corrected chi connectivity index (χ2v) is 5.32. The van der Waals surface area contributed by atoms with E-state index in [2.05, 4.69) is 35.1 Å². The van der Waals surface area contributed by atoms with E-state index in [9.17, 15) is 4.39 Å². The van der Waals surface area contributed by atoms with Crippen molar-refractivity contribution in [1.82, 2.24) is 9.97 Å². The van der Waals surface area contributed by atoms with Crippen LogP contribution >= 0.6 is 0 Å². The molecule has 2 nitrogen and oxygen atoms in total. The zero-order chi connectivity index (χ0) is 16.2. The van der Waals surface area contributed by atoms with E-state index in [4.69, 9.17) is 0 Å². The maximum Gasteiger partial charge on any atom is 0.138 e. The first-order valence-corrected chi connectivity index (χ1v) is 7.80. The van der Waals surface area contributed by atoms with Crippen molar-refractivity contribution in [2.45, 2.75) is 20.3 Å². The molecule has 1 N–H and O–H groups in total. The molecule has 0 amide bonds. The Bertz CT molecular complexity index is 888. The molecular formula is C20H19FN2. The summed E-state index contributed by atoms with van der Waals surface area (Å²) in [6.07, 6.45) is 10.9. The number of nitrogens with one attached hydrogen (secondary N) is 1. The number of halogens is 1. The Morgan fingerprint density at radius 1 is 1.22 bits per heavy atom. The van der Waals surface area contributed by atoms with Gasteiger partial charge in [0.1, 0.15) is 11.5 Å². The van der Waals surface area contributed by atoms with Crippen LogP contribution in [0.4, 0.5) is 4.39 Å². The first-order valence-electron chi connectivity index (χ1n) is 7.80. The molecule has 3 heteroatoms. The molecule has 3 rings (SSSR count). The van der Waals surface area contributed by atoms with E-state index in [0.29, 0.717) is 5.56 Å². The van der Waals surface area contributed by atoms with Crippen LogP contribution in [0, 0.1) is 5.82 Å². The van der Waals surface area contributed by atoms with Crippen molar-refractivity contribution in [1.29, 1.82) is 0 Å². The highest BCUT2D eigenvalue weighted by atomic mass is 19.1. The molecule has 0 aliphatic rings. The summed E-state index contributed by atoms with van der Waals surface area (Å²) < 4.78 is 14.2. The zero-order valence-electron chi connectivity index (χ0n) is 13.3. The lowest BCUT2D eigenvalue weighted by molar-refractivity contribution is 0.631. The van der Waals surface area contributed by atoms with Gasteiger partial charge in [0.2, 0.25) is 0 Å². The largest absolute Gasteiger partial charge is 0.345 e. The topological polar surface area (TPSA) is 28.7 Å². The smallest absolute Gasteiger partial charge is 0.138 e.